The topological polar surface area (TPSA) is 35.6 Å². The van der Waals surface area contributed by atoms with E-state index in [0.717, 1.165) is 34.5 Å². The molecule has 1 aliphatic carbocycles. The molecule has 24 heavy (non-hydrogen) atoms. The van der Waals surface area contributed by atoms with Crippen molar-refractivity contribution in [3.63, 3.8) is 0 Å². The minimum Gasteiger partial charge on any atom is -0.277 e. The van der Waals surface area contributed by atoms with Gasteiger partial charge in [0, 0.05) is 42.2 Å². The predicted molar refractivity (Wildman–Crippen MR) is 102 cm³/mol. The van der Waals surface area contributed by atoms with E-state index in [4.69, 9.17) is 0 Å². The van der Waals surface area contributed by atoms with E-state index >= 15 is 0 Å². The lowest BCUT2D eigenvalue weighted by Crippen LogP contribution is -2.04. The van der Waals surface area contributed by atoms with Crippen molar-refractivity contribution in [2.24, 2.45) is 13.0 Å². The quantitative estimate of drug-likeness (QED) is 0.701. The average molecular weight is 338 g/mol. The summed E-state index contributed by atoms with van der Waals surface area (Å²) in [4.78, 5) is 4.67. The third-order valence-electron chi connectivity index (χ3n) is 5.11. The molecule has 4 nitrogen and oxygen atoms in total. The molecular weight excluding hydrogens is 316 g/mol. The molecule has 0 saturated carbocycles. The van der Waals surface area contributed by atoms with E-state index in [0.29, 0.717) is 0 Å². The zero-order chi connectivity index (χ0) is 16.7. The van der Waals surface area contributed by atoms with Crippen LogP contribution in [0.3, 0.4) is 0 Å². The summed E-state index contributed by atoms with van der Waals surface area (Å²) in [5.74, 6) is 0.843. The zero-order valence-corrected chi connectivity index (χ0v) is 15.0. The molecule has 0 amide bonds. The minimum absolute atomic E-state index is 0.843. The van der Waals surface area contributed by atoms with Gasteiger partial charge in [-0.3, -0.25) is 8.65 Å². The van der Waals surface area contributed by atoms with Gasteiger partial charge < -0.3 is 0 Å². The summed E-state index contributed by atoms with van der Waals surface area (Å²) in [5, 5.41) is 5.42. The molecule has 0 N–H and O–H groups in total. The number of aromatic nitrogens is 4. The molecule has 0 bridgehead atoms. The highest BCUT2D eigenvalue weighted by Crippen LogP contribution is 2.35. The lowest BCUT2D eigenvalue weighted by molar-refractivity contribution is 0.470. The maximum absolute atomic E-state index is 4.67. The molecule has 124 valence electrons. The van der Waals surface area contributed by atoms with E-state index in [1.54, 1.807) is 3.97 Å². The van der Waals surface area contributed by atoms with Gasteiger partial charge in [0.05, 0.1) is 6.20 Å². The zero-order valence-electron chi connectivity index (χ0n) is 14.1. The fourth-order valence-corrected chi connectivity index (χ4v) is 3.85. The molecule has 5 heteroatoms. The van der Waals surface area contributed by atoms with Crippen molar-refractivity contribution in [2.75, 3.05) is 0 Å². The van der Waals surface area contributed by atoms with E-state index < -0.39 is 0 Å². The molecule has 0 radical (unpaired) electrons. The van der Waals surface area contributed by atoms with E-state index in [2.05, 4.69) is 42.0 Å². The Bertz CT molecular complexity index is 919. The number of hydrogen-bond donors (Lipinski definition) is 1. The Morgan fingerprint density at radius 3 is 2.79 bits per heavy atom. The van der Waals surface area contributed by atoms with Gasteiger partial charge in [0.1, 0.15) is 5.65 Å². The summed E-state index contributed by atoms with van der Waals surface area (Å²) in [6.45, 7) is 2.28. The lowest BCUT2D eigenvalue weighted by Gasteiger charge is -2.20. The van der Waals surface area contributed by atoms with Gasteiger partial charge in [-0.1, -0.05) is 32.2 Å². The average Bonchev–Trinajstić information content (AvgIpc) is 3.18. The third kappa shape index (κ3) is 2.67. The van der Waals surface area contributed by atoms with Gasteiger partial charge in [-0.25, -0.2) is 4.98 Å². The molecule has 0 fully saturated rings. The van der Waals surface area contributed by atoms with Crippen molar-refractivity contribution in [1.82, 2.24) is 18.7 Å². The van der Waals surface area contributed by atoms with Crippen LogP contribution in [0, 0.1) is 5.92 Å². The van der Waals surface area contributed by atoms with Crippen LogP contribution in [0.5, 0.6) is 0 Å². The van der Waals surface area contributed by atoms with Crippen molar-refractivity contribution < 1.29 is 0 Å². The maximum Gasteiger partial charge on any atom is 0.150 e. The molecule has 3 aromatic rings. The molecule has 0 aliphatic heterocycles. The molecule has 3 heterocycles. The Hall–Kier alpha value is -2.01. The monoisotopic (exact) mass is 338 g/mol. The minimum atomic E-state index is 0.843. The number of pyridine rings is 1. The Balaban J connectivity index is 1.79. The van der Waals surface area contributed by atoms with Crippen LogP contribution in [0.4, 0.5) is 0 Å². The predicted octanol–water partition coefficient (Wildman–Crippen LogP) is 4.72. The van der Waals surface area contributed by atoms with Crippen LogP contribution in [-0.4, -0.2) is 18.7 Å². The smallest absolute Gasteiger partial charge is 0.150 e. The number of nitrogens with zero attached hydrogens (tertiary/aromatic N) is 4. The number of fused-ring (bicyclic) bond motifs is 1. The molecule has 0 saturated heterocycles. The molecule has 0 spiro atoms. The summed E-state index contributed by atoms with van der Waals surface area (Å²) < 4.78 is 3.62. The van der Waals surface area contributed by atoms with Gasteiger partial charge in [0.15, 0.2) is 0 Å². The normalized spacial score (nSPS) is 18.1. The standard InChI is InChI=1S/C19H22N4S/c1-3-13-4-6-14(7-5-13)15-8-17-18(16-10-21-22(2)11-16)12-23(24)19(17)20-9-15/h6,8-13,24H,3-5,7H2,1-2H3. The fraction of sp³-hybridized carbons (Fsp3) is 0.368. The molecule has 1 unspecified atom stereocenters. The summed E-state index contributed by atoms with van der Waals surface area (Å²) in [7, 11) is 1.93. The SMILES string of the molecule is CCC1CC=C(c2cnc3c(c2)c(-c2cnn(C)c2)cn3S)CC1. The van der Waals surface area contributed by atoms with Crippen LogP contribution in [0.25, 0.3) is 27.7 Å². The van der Waals surface area contributed by atoms with Crippen molar-refractivity contribution in [3.8, 4) is 11.1 Å². The van der Waals surface area contributed by atoms with Crippen LogP contribution in [0.15, 0.2) is 36.9 Å². The summed E-state index contributed by atoms with van der Waals surface area (Å²) in [5.41, 5.74) is 5.78. The Morgan fingerprint density at radius 1 is 1.25 bits per heavy atom. The largest absolute Gasteiger partial charge is 0.277 e. The van der Waals surface area contributed by atoms with E-state index in [1.807, 2.05) is 36.5 Å². The van der Waals surface area contributed by atoms with Gasteiger partial charge in [0.2, 0.25) is 0 Å². The molecular formula is C19H22N4S. The maximum atomic E-state index is 4.67. The first kappa shape index (κ1) is 15.5. The highest BCUT2D eigenvalue weighted by molar-refractivity contribution is 7.78. The van der Waals surface area contributed by atoms with Crippen LogP contribution in [0.1, 0.15) is 38.2 Å². The van der Waals surface area contributed by atoms with Gasteiger partial charge >= 0.3 is 0 Å². The van der Waals surface area contributed by atoms with E-state index in [9.17, 15) is 0 Å². The molecule has 1 atom stereocenters. The first-order valence-corrected chi connectivity index (χ1v) is 8.94. The van der Waals surface area contributed by atoms with Gasteiger partial charge in [-0.05, 0) is 42.4 Å². The van der Waals surface area contributed by atoms with Crippen LogP contribution < -0.4 is 0 Å². The third-order valence-corrected chi connectivity index (χ3v) is 5.41. The van der Waals surface area contributed by atoms with E-state index in [-0.39, 0.29) is 0 Å². The second-order valence-corrected chi connectivity index (χ2v) is 7.09. The number of allylic oxidation sites excluding steroid dienone is 2. The number of aryl methyl sites for hydroxylation is 1. The van der Waals surface area contributed by atoms with Crippen LogP contribution in [0.2, 0.25) is 0 Å². The second kappa shape index (κ2) is 6.13. The molecule has 3 aromatic heterocycles. The van der Waals surface area contributed by atoms with E-state index in [1.165, 1.54) is 30.4 Å². The van der Waals surface area contributed by atoms with Crippen molar-refractivity contribution >= 4 is 29.4 Å². The first-order valence-electron chi connectivity index (χ1n) is 8.54. The van der Waals surface area contributed by atoms with Crippen LogP contribution >= 0.6 is 12.8 Å². The van der Waals surface area contributed by atoms with Gasteiger partial charge in [0.25, 0.3) is 0 Å². The summed E-state index contributed by atoms with van der Waals surface area (Å²) in [6.07, 6.45) is 15.2. The van der Waals surface area contributed by atoms with Crippen molar-refractivity contribution in [2.45, 2.75) is 32.6 Å². The van der Waals surface area contributed by atoms with Crippen molar-refractivity contribution in [3.05, 3.63) is 42.5 Å². The van der Waals surface area contributed by atoms with Gasteiger partial charge in [-0.15, -0.1) is 0 Å². The summed E-state index contributed by atoms with van der Waals surface area (Å²) in [6, 6.07) is 2.26. The second-order valence-electron chi connectivity index (χ2n) is 6.66. The first-order chi connectivity index (χ1) is 11.7. The Morgan fingerprint density at radius 2 is 2.12 bits per heavy atom. The summed E-state index contributed by atoms with van der Waals surface area (Å²) >= 11 is 4.53. The van der Waals surface area contributed by atoms with Gasteiger partial charge in [-0.2, -0.15) is 5.10 Å². The molecule has 0 aromatic carbocycles. The number of thiol groups is 1. The Labute approximate surface area is 147 Å². The molecule has 1 aliphatic rings. The highest BCUT2D eigenvalue weighted by atomic mass is 32.1. The lowest BCUT2D eigenvalue weighted by atomic mass is 9.85. The Kier molecular flexibility index (Phi) is 3.96. The number of rotatable bonds is 3. The van der Waals surface area contributed by atoms with Crippen LogP contribution in [-0.2, 0) is 7.05 Å². The fourth-order valence-electron chi connectivity index (χ4n) is 3.58. The number of hydrogen-bond acceptors (Lipinski definition) is 3. The highest BCUT2D eigenvalue weighted by Gasteiger charge is 2.17. The van der Waals surface area contributed by atoms with Crippen molar-refractivity contribution in [1.29, 1.82) is 0 Å². The molecule has 4 rings (SSSR count).